The van der Waals surface area contributed by atoms with Crippen LogP contribution in [0.5, 0.6) is 11.5 Å². The van der Waals surface area contributed by atoms with Gasteiger partial charge in [0.25, 0.3) is 0 Å². The van der Waals surface area contributed by atoms with E-state index in [-0.39, 0.29) is 12.4 Å². The first-order chi connectivity index (χ1) is 16.2. The van der Waals surface area contributed by atoms with Crippen molar-refractivity contribution in [2.24, 2.45) is 0 Å². The highest BCUT2D eigenvalue weighted by molar-refractivity contribution is 5.66. The molecular formula is C25H25FN4O3. The van der Waals surface area contributed by atoms with Crippen LogP contribution in [0.2, 0.25) is 0 Å². The van der Waals surface area contributed by atoms with E-state index in [0.717, 1.165) is 31.6 Å². The molecule has 170 valence electrons. The van der Waals surface area contributed by atoms with Gasteiger partial charge in [0.15, 0.2) is 0 Å². The Bertz CT molecular complexity index is 1170. The van der Waals surface area contributed by atoms with Gasteiger partial charge in [0, 0.05) is 30.4 Å². The summed E-state index contributed by atoms with van der Waals surface area (Å²) in [5.41, 5.74) is 2.34. The number of benzene rings is 2. The van der Waals surface area contributed by atoms with Crippen molar-refractivity contribution in [2.75, 3.05) is 7.11 Å². The highest BCUT2D eigenvalue weighted by atomic mass is 19.1. The van der Waals surface area contributed by atoms with Crippen LogP contribution < -0.4 is 9.47 Å². The second kappa shape index (κ2) is 11.1. The third kappa shape index (κ3) is 6.52. The van der Waals surface area contributed by atoms with Gasteiger partial charge in [-0.15, -0.1) is 5.10 Å². The largest absolute Gasteiger partial charge is 0.497 e. The SMILES string of the molecule is COc1ccc(/C=C/c2nc(COc3ccc(CCCCn4ccnn4)cc3)co2)c(F)c1. The van der Waals surface area contributed by atoms with Crippen molar-refractivity contribution in [1.29, 1.82) is 0 Å². The molecule has 0 aliphatic rings. The van der Waals surface area contributed by atoms with E-state index in [1.54, 1.807) is 30.5 Å². The van der Waals surface area contributed by atoms with E-state index < -0.39 is 0 Å². The molecule has 0 radical (unpaired) electrons. The molecule has 2 aromatic heterocycles. The van der Waals surface area contributed by atoms with Gasteiger partial charge < -0.3 is 13.9 Å². The molecule has 0 aliphatic carbocycles. The maximum atomic E-state index is 14.0. The molecule has 7 nitrogen and oxygen atoms in total. The van der Waals surface area contributed by atoms with E-state index in [9.17, 15) is 4.39 Å². The Morgan fingerprint density at radius 3 is 2.67 bits per heavy atom. The highest BCUT2D eigenvalue weighted by Gasteiger charge is 2.05. The van der Waals surface area contributed by atoms with Crippen LogP contribution in [0.15, 0.2) is 65.5 Å². The van der Waals surface area contributed by atoms with Gasteiger partial charge >= 0.3 is 0 Å². The number of halogens is 1. The average molecular weight is 448 g/mol. The van der Waals surface area contributed by atoms with Gasteiger partial charge in [0.1, 0.15) is 35.9 Å². The fraction of sp³-hybridized carbons (Fsp3) is 0.240. The third-order valence-corrected chi connectivity index (χ3v) is 5.07. The lowest BCUT2D eigenvalue weighted by molar-refractivity contribution is 0.301. The fourth-order valence-electron chi connectivity index (χ4n) is 3.26. The normalized spacial score (nSPS) is 11.2. The van der Waals surface area contributed by atoms with E-state index in [1.807, 2.05) is 23.0 Å². The Kier molecular flexibility index (Phi) is 7.48. The van der Waals surface area contributed by atoms with E-state index >= 15 is 0 Å². The maximum Gasteiger partial charge on any atom is 0.218 e. The third-order valence-electron chi connectivity index (χ3n) is 5.07. The molecule has 0 spiro atoms. The Labute approximate surface area is 191 Å². The first-order valence-electron chi connectivity index (χ1n) is 10.7. The van der Waals surface area contributed by atoms with Gasteiger partial charge in [-0.2, -0.15) is 0 Å². The van der Waals surface area contributed by atoms with Crippen molar-refractivity contribution in [3.8, 4) is 11.5 Å². The lowest BCUT2D eigenvalue weighted by Crippen LogP contribution is -1.99. The minimum Gasteiger partial charge on any atom is -0.497 e. The van der Waals surface area contributed by atoms with Crippen molar-refractivity contribution < 1.29 is 18.3 Å². The second-order valence-corrected chi connectivity index (χ2v) is 7.45. The lowest BCUT2D eigenvalue weighted by Gasteiger charge is -2.06. The average Bonchev–Trinajstić information content (AvgIpc) is 3.52. The predicted molar refractivity (Wildman–Crippen MR) is 122 cm³/mol. The van der Waals surface area contributed by atoms with Crippen molar-refractivity contribution in [2.45, 2.75) is 32.4 Å². The predicted octanol–water partition coefficient (Wildman–Crippen LogP) is 5.19. The number of hydrogen-bond donors (Lipinski definition) is 0. The number of aryl methyl sites for hydroxylation is 2. The van der Waals surface area contributed by atoms with E-state index in [2.05, 4.69) is 27.4 Å². The molecular weight excluding hydrogens is 423 g/mol. The summed E-state index contributed by atoms with van der Waals surface area (Å²) in [6.45, 7) is 1.16. The quantitative estimate of drug-likeness (QED) is 0.294. The van der Waals surface area contributed by atoms with Crippen molar-refractivity contribution in [3.05, 3.63) is 89.7 Å². The molecule has 33 heavy (non-hydrogen) atoms. The van der Waals surface area contributed by atoms with Crippen LogP contribution in [-0.2, 0) is 19.6 Å². The molecule has 2 aromatic carbocycles. The minimum atomic E-state index is -0.376. The molecule has 4 aromatic rings. The van der Waals surface area contributed by atoms with Gasteiger partial charge in [-0.3, -0.25) is 4.68 Å². The number of oxazole rings is 1. The summed E-state index contributed by atoms with van der Waals surface area (Å²) in [6, 6.07) is 12.7. The van der Waals surface area contributed by atoms with Gasteiger partial charge in [0.2, 0.25) is 5.89 Å². The molecule has 0 N–H and O–H groups in total. The lowest BCUT2D eigenvalue weighted by atomic mass is 10.1. The molecule has 8 heteroatoms. The molecule has 0 atom stereocenters. The van der Waals surface area contributed by atoms with Crippen molar-refractivity contribution in [3.63, 3.8) is 0 Å². The Morgan fingerprint density at radius 2 is 1.91 bits per heavy atom. The summed E-state index contributed by atoms with van der Waals surface area (Å²) in [5.74, 6) is 1.24. The molecule has 0 fully saturated rings. The van der Waals surface area contributed by atoms with Crippen molar-refractivity contribution in [1.82, 2.24) is 20.0 Å². The van der Waals surface area contributed by atoms with Crippen LogP contribution in [0.1, 0.15) is 35.6 Å². The summed E-state index contributed by atoms with van der Waals surface area (Å²) in [4.78, 5) is 4.36. The first kappa shape index (κ1) is 22.3. The molecule has 0 unspecified atom stereocenters. The second-order valence-electron chi connectivity index (χ2n) is 7.45. The number of hydrogen-bond acceptors (Lipinski definition) is 6. The van der Waals surface area contributed by atoms with E-state index in [0.29, 0.717) is 22.9 Å². The van der Waals surface area contributed by atoms with Crippen LogP contribution in [0.25, 0.3) is 12.2 Å². The number of aromatic nitrogens is 4. The molecule has 0 aliphatic heterocycles. The topological polar surface area (TPSA) is 75.2 Å². The Morgan fingerprint density at radius 1 is 1.06 bits per heavy atom. The maximum absolute atomic E-state index is 14.0. The minimum absolute atomic E-state index is 0.283. The van der Waals surface area contributed by atoms with Crippen LogP contribution in [0.4, 0.5) is 4.39 Å². The fourth-order valence-corrected chi connectivity index (χ4v) is 3.26. The number of rotatable bonds is 11. The summed E-state index contributed by atoms with van der Waals surface area (Å²) < 4.78 is 32.1. The standard InChI is InChI=1S/C25H25FN4O3/c1-31-23-11-7-20(24(26)16-23)8-12-25-28-21(18-33-25)17-32-22-9-5-19(6-10-22)4-2-3-14-30-15-13-27-29-30/h5-13,15-16,18H,2-4,14,17H2,1H3/b12-8+. The van der Waals surface area contributed by atoms with Crippen LogP contribution in [0.3, 0.4) is 0 Å². The molecule has 0 saturated carbocycles. The number of methoxy groups -OCH3 is 1. The zero-order chi connectivity index (χ0) is 22.9. The van der Waals surface area contributed by atoms with Crippen LogP contribution in [-0.4, -0.2) is 27.1 Å². The molecule has 0 amide bonds. The van der Waals surface area contributed by atoms with E-state index in [1.165, 1.54) is 25.0 Å². The zero-order valence-electron chi connectivity index (χ0n) is 18.4. The number of ether oxygens (including phenoxy) is 2. The molecule has 0 bridgehead atoms. The van der Waals surface area contributed by atoms with Gasteiger partial charge in [0.05, 0.1) is 13.3 Å². The zero-order valence-corrected chi connectivity index (χ0v) is 18.4. The smallest absolute Gasteiger partial charge is 0.218 e. The number of unbranched alkanes of at least 4 members (excludes halogenated alkanes) is 1. The van der Waals surface area contributed by atoms with E-state index in [4.69, 9.17) is 13.9 Å². The molecule has 0 saturated heterocycles. The summed E-state index contributed by atoms with van der Waals surface area (Å²) >= 11 is 0. The van der Waals surface area contributed by atoms with Gasteiger partial charge in [-0.1, -0.05) is 17.3 Å². The van der Waals surface area contributed by atoms with Crippen LogP contribution in [0, 0.1) is 5.82 Å². The molecule has 2 heterocycles. The molecule has 4 rings (SSSR count). The van der Waals surface area contributed by atoms with Gasteiger partial charge in [-0.25, -0.2) is 9.37 Å². The summed E-state index contributed by atoms with van der Waals surface area (Å²) in [5, 5.41) is 7.78. The first-order valence-corrected chi connectivity index (χ1v) is 10.7. The Hall–Kier alpha value is -3.94. The van der Waals surface area contributed by atoms with Gasteiger partial charge in [-0.05, 0) is 55.2 Å². The monoisotopic (exact) mass is 448 g/mol. The highest BCUT2D eigenvalue weighted by Crippen LogP contribution is 2.19. The number of nitrogens with zero attached hydrogens (tertiary/aromatic N) is 4. The Balaban J connectivity index is 1.22. The summed E-state index contributed by atoms with van der Waals surface area (Å²) in [7, 11) is 1.50. The summed E-state index contributed by atoms with van der Waals surface area (Å²) in [6.07, 6.45) is 11.5. The van der Waals surface area contributed by atoms with Crippen LogP contribution >= 0.6 is 0 Å². The van der Waals surface area contributed by atoms with Crippen molar-refractivity contribution >= 4 is 12.2 Å².